The number of amides is 1. The van der Waals surface area contributed by atoms with Crippen molar-refractivity contribution in [3.63, 3.8) is 0 Å². The van der Waals surface area contributed by atoms with Crippen LogP contribution in [-0.4, -0.2) is 83.6 Å². The van der Waals surface area contributed by atoms with Gasteiger partial charge >= 0.3 is 6.09 Å². The second kappa shape index (κ2) is 9.33. The summed E-state index contributed by atoms with van der Waals surface area (Å²) >= 11 is 0. The fourth-order valence-corrected chi connectivity index (χ4v) is 2.65. The van der Waals surface area contributed by atoms with Crippen LogP contribution in [0.1, 0.15) is 0 Å². The van der Waals surface area contributed by atoms with Gasteiger partial charge in [-0.15, -0.1) is 0 Å². The zero-order valence-corrected chi connectivity index (χ0v) is 15.3. The van der Waals surface area contributed by atoms with Gasteiger partial charge in [-0.1, -0.05) is 0 Å². The van der Waals surface area contributed by atoms with E-state index in [4.69, 9.17) is 18.9 Å². The van der Waals surface area contributed by atoms with Crippen molar-refractivity contribution in [1.29, 1.82) is 0 Å². The van der Waals surface area contributed by atoms with E-state index in [1.807, 2.05) is 0 Å². The maximum atomic E-state index is 12.0. The highest BCUT2D eigenvalue weighted by Crippen LogP contribution is 2.39. The van der Waals surface area contributed by atoms with Crippen LogP contribution in [0.4, 0.5) is 10.5 Å². The molecule has 1 amide bonds. The van der Waals surface area contributed by atoms with E-state index in [-0.39, 0.29) is 0 Å². The Morgan fingerprint density at radius 3 is 2.16 bits per heavy atom. The fourth-order valence-electron chi connectivity index (χ4n) is 2.65. The second-order valence-electron chi connectivity index (χ2n) is 5.82. The van der Waals surface area contributed by atoms with Gasteiger partial charge in [0.2, 0.25) is 5.75 Å². The van der Waals surface area contributed by atoms with E-state index in [0.29, 0.717) is 29.5 Å². The van der Waals surface area contributed by atoms with E-state index in [1.165, 1.54) is 21.3 Å². The van der Waals surface area contributed by atoms with E-state index in [1.54, 1.807) is 12.1 Å². The van der Waals surface area contributed by atoms with Crippen LogP contribution in [0.3, 0.4) is 0 Å². The summed E-state index contributed by atoms with van der Waals surface area (Å²) in [7, 11) is 6.68. The molecule has 8 nitrogen and oxygen atoms in total. The van der Waals surface area contributed by atoms with E-state index < -0.39 is 6.09 Å². The third-order valence-corrected chi connectivity index (χ3v) is 4.15. The molecule has 0 atom stereocenters. The first-order valence-electron chi connectivity index (χ1n) is 8.22. The number of rotatable bonds is 7. The SMILES string of the molecule is COc1cc(NC(=O)OCCN2CCN(C)CC2)cc(OC)c1OC. The van der Waals surface area contributed by atoms with E-state index in [2.05, 4.69) is 22.2 Å². The van der Waals surface area contributed by atoms with Gasteiger partial charge in [0.15, 0.2) is 11.5 Å². The molecule has 25 heavy (non-hydrogen) atoms. The molecule has 1 aliphatic rings. The Hall–Kier alpha value is -2.19. The van der Waals surface area contributed by atoms with Crippen LogP contribution >= 0.6 is 0 Å². The number of benzene rings is 1. The molecule has 1 N–H and O–H groups in total. The molecule has 0 saturated carbocycles. The van der Waals surface area contributed by atoms with Crippen molar-refractivity contribution in [2.24, 2.45) is 0 Å². The molecule has 0 bridgehead atoms. The minimum atomic E-state index is -0.511. The van der Waals surface area contributed by atoms with Crippen LogP contribution in [0.15, 0.2) is 12.1 Å². The lowest BCUT2D eigenvalue weighted by Gasteiger charge is -2.31. The average Bonchev–Trinajstić information content (AvgIpc) is 2.62. The Balaban J connectivity index is 1.85. The van der Waals surface area contributed by atoms with Gasteiger partial charge in [-0.05, 0) is 7.05 Å². The Morgan fingerprint density at radius 2 is 1.64 bits per heavy atom. The topological polar surface area (TPSA) is 72.5 Å². The van der Waals surface area contributed by atoms with Crippen molar-refractivity contribution in [2.45, 2.75) is 0 Å². The number of anilines is 1. The van der Waals surface area contributed by atoms with Crippen molar-refractivity contribution < 1.29 is 23.7 Å². The number of nitrogens with one attached hydrogen (secondary N) is 1. The number of methoxy groups -OCH3 is 3. The number of carbonyl (C=O) groups is 1. The predicted octanol–water partition coefficient (Wildman–Crippen LogP) is 1.51. The smallest absolute Gasteiger partial charge is 0.411 e. The van der Waals surface area contributed by atoms with Crippen molar-refractivity contribution in [2.75, 3.05) is 73.0 Å². The number of hydrogen-bond acceptors (Lipinski definition) is 7. The highest BCUT2D eigenvalue weighted by atomic mass is 16.5. The Morgan fingerprint density at radius 1 is 1.04 bits per heavy atom. The minimum absolute atomic E-state index is 0.347. The van der Waals surface area contributed by atoms with Gasteiger partial charge < -0.3 is 23.8 Å². The summed E-state index contributed by atoms with van der Waals surface area (Å²) < 4.78 is 21.0. The van der Waals surface area contributed by atoms with Crippen LogP contribution < -0.4 is 19.5 Å². The highest BCUT2D eigenvalue weighted by molar-refractivity contribution is 5.86. The lowest BCUT2D eigenvalue weighted by molar-refractivity contribution is 0.111. The van der Waals surface area contributed by atoms with Crippen molar-refractivity contribution >= 4 is 11.8 Å². The van der Waals surface area contributed by atoms with Gasteiger partial charge in [0, 0.05) is 44.9 Å². The number of ether oxygens (including phenoxy) is 4. The van der Waals surface area contributed by atoms with Crippen LogP contribution in [0.25, 0.3) is 0 Å². The van der Waals surface area contributed by atoms with Crippen LogP contribution in [0.5, 0.6) is 17.2 Å². The third-order valence-electron chi connectivity index (χ3n) is 4.15. The fraction of sp³-hybridized carbons (Fsp3) is 0.588. The van der Waals surface area contributed by atoms with Crippen molar-refractivity contribution in [3.8, 4) is 17.2 Å². The summed E-state index contributed by atoms with van der Waals surface area (Å²) in [6, 6.07) is 3.31. The number of nitrogens with zero attached hydrogens (tertiary/aromatic N) is 2. The molecular formula is C17H27N3O5. The first-order valence-corrected chi connectivity index (χ1v) is 8.22. The third kappa shape index (κ3) is 5.40. The molecule has 1 aromatic carbocycles. The Labute approximate surface area is 148 Å². The summed E-state index contributed by atoms with van der Waals surface area (Å²) in [5, 5.41) is 2.68. The molecule has 0 aliphatic carbocycles. The summed E-state index contributed by atoms with van der Waals surface area (Å²) in [5.74, 6) is 1.41. The summed E-state index contributed by atoms with van der Waals surface area (Å²) in [4.78, 5) is 16.6. The molecule has 8 heteroatoms. The quantitative estimate of drug-likeness (QED) is 0.796. The van der Waals surface area contributed by atoms with E-state index in [9.17, 15) is 4.79 Å². The van der Waals surface area contributed by atoms with Crippen LogP contribution in [0, 0.1) is 0 Å². The normalized spacial score (nSPS) is 15.5. The maximum Gasteiger partial charge on any atom is 0.411 e. The molecule has 0 unspecified atom stereocenters. The van der Waals surface area contributed by atoms with Crippen LogP contribution in [0.2, 0.25) is 0 Å². The molecule has 0 radical (unpaired) electrons. The van der Waals surface area contributed by atoms with Gasteiger partial charge in [0.05, 0.1) is 27.0 Å². The monoisotopic (exact) mass is 353 g/mol. The summed E-state index contributed by atoms with van der Waals surface area (Å²) in [5.41, 5.74) is 0.513. The number of carbonyl (C=O) groups excluding carboxylic acids is 1. The molecule has 0 aromatic heterocycles. The lowest BCUT2D eigenvalue weighted by atomic mass is 10.2. The Kier molecular flexibility index (Phi) is 7.15. The zero-order chi connectivity index (χ0) is 18.2. The van der Waals surface area contributed by atoms with Gasteiger partial charge in [0.25, 0.3) is 0 Å². The molecule has 1 saturated heterocycles. The largest absolute Gasteiger partial charge is 0.493 e. The summed E-state index contributed by atoms with van der Waals surface area (Å²) in [6.45, 7) is 5.15. The van der Waals surface area contributed by atoms with Gasteiger partial charge in [-0.2, -0.15) is 0 Å². The molecular weight excluding hydrogens is 326 g/mol. The number of piperazine rings is 1. The first-order chi connectivity index (χ1) is 12.1. The summed E-state index contributed by atoms with van der Waals surface area (Å²) in [6.07, 6.45) is -0.511. The first kappa shape index (κ1) is 19.1. The second-order valence-corrected chi connectivity index (χ2v) is 5.82. The Bertz CT molecular complexity index is 548. The average molecular weight is 353 g/mol. The van der Waals surface area contributed by atoms with E-state index in [0.717, 1.165) is 32.7 Å². The molecule has 1 fully saturated rings. The predicted molar refractivity (Wildman–Crippen MR) is 95.0 cm³/mol. The molecule has 1 aliphatic heterocycles. The standard InChI is InChI=1S/C17H27N3O5/c1-19-5-7-20(8-6-19)9-10-25-17(21)18-13-11-14(22-2)16(24-4)15(12-13)23-3/h11-12H,5-10H2,1-4H3,(H,18,21). The highest BCUT2D eigenvalue weighted by Gasteiger charge is 2.16. The maximum absolute atomic E-state index is 12.0. The van der Waals surface area contributed by atoms with Gasteiger partial charge in [-0.3, -0.25) is 10.2 Å². The molecule has 1 heterocycles. The van der Waals surface area contributed by atoms with Crippen molar-refractivity contribution in [3.05, 3.63) is 12.1 Å². The van der Waals surface area contributed by atoms with E-state index >= 15 is 0 Å². The molecule has 1 aromatic rings. The number of likely N-dealkylation sites (N-methyl/N-ethyl adjacent to an activating group) is 1. The van der Waals surface area contributed by atoms with Gasteiger partial charge in [0.1, 0.15) is 6.61 Å². The van der Waals surface area contributed by atoms with Crippen LogP contribution in [-0.2, 0) is 4.74 Å². The molecule has 0 spiro atoms. The molecule has 2 rings (SSSR count). The minimum Gasteiger partial charge on any atom is -0.493 e. The number of hydrogen-bond donors (Lipinski definition) is 1. The zero-order valence-electron chi connectivity index (χ0n) is 15.3. The lowest BCUT2D eigenvalue weighted by Crippen LogP contribution is -2.45. The van der Waals surface area contributed by atoms with Crippen molar-refractivity contribution in [1.82, 2.24) is 9.80 Å². The van der Waals surface area contributed by atoms with Gasteiger partial charge in [-0.25, -0.2) is 4.79 Å². The molecule has 140 valence electrons.